The van der Waals surface area contributed by atoms with E-state index in [4.69, 9.17) is 17.3 Å². The van der Waals surface area contributed by atoms with Gasteiger partial charge in [0.25, 0.3) is 0 Å². The van der Waals surface area contributed by atoms with Crippen LogP contribution in [-0.2, 0) is 6.54 Å². The third kappa shape index (κ3) is 5.77. The van der Waals surface area contributed by atoms with Crippen molar-refractivity contribution in [2.45, 2.75) is 82.8 Å². The van der Waals surface area contributed by atoms with E-state index in [-0.39, 0.29) is 5.78 Å². The van der Waals surface area contributed by atoms with Crippen LogP contribution in [0, 0.1) is 11.3 Å². The molecule has 2 aliphatic carbocycles. The summed E-state index contributed by atoms with van der Waals surface area (Å²) in [7, 11) is 0. The molecule has 3 aromatic rings. The van der Waals surface area contributed by atoms with Gasteiger partial charge in [-0.25, -0.2) is 0 Å². The third-order valence-electron chi connectivity index (χ3n) is 8.07. The molecule has 0 saturated heterocycles. The topological polar surface area (TPSA) is 70.1 Å². The summed E-state index contributed by atoms with van der Waals surface area (Å²) in [6.45, 7) is 0.729. The van der Waals surface area contributed by atoms with Crippen molar-refractivity contribution >= 4 is 33.7 Å². The molecule has 0 unspecified atom stereocenters. The van der Waals surface area contributed by atoms with E-state index in [1.807, 2.05) is 24.3 Å². The molecule has 4 nitrogen and oxygen atoms in total. The van der Waals surface area contributed by atoms with E-state index in [9.17, 15) is 10.1 Å². The molecule has 1 aromatic heterocycles. The van der Waals surface area contributed by atoms with E-state index in [1.54, 1.807) is 24.3 Å². The summed E-state index contributed by atoms with van der Waals surface area (Å²) in [5, 5.41) is 10.5. The Hall–Kier alpha value is -2.65. The first-order valence-electron chi connectivity index (χ1n) is 13.5. The van der Waals surface area contributed by atoms with Crippen molar-refractivity contribution in [3.05, 3.63) is 75.8 Å². The monoisotopic (exact) mass is 531 g/mol. The molecule has 2 fully saturated rings. The number of thiophene rings is 1. The normalized spacial score (nSPS) is 17.1. The number of benzene rings is 2. The number of anilines is 1. The van der Waals surface area contributed by atoms with Crippen LogP contribution in [0.4, 0.5) is 5.00 Å². The standard InChI is InChI=1S/C31H34ClN3OS/c32-24-17-15-22(16-18-24)29(36)28-27(30(37-31(28)34)23-13-11-21(19-33)12-14-23)20-35(25-7-3-1-4-8-25)26-9-5-2-6-10-26/h11-18,25-26H,1-10,20,34H2. The van der Waals surface area contributed by atoms with Crippen molar-refractivity contribution < 1.29 is 4.79 Å². The molecule has 2 aliphatic rings. The number of rotatable bonds is 7. The average molecular weight is 532 g/mol. The van der Waals surface area contributed by atoms with Crippen LogP contribution < -0.4 is 5.73 Å². The van der Waals surface area contributed by atoms with Gasteiger partial charge in [-0.2, -0.15) is 5.26 Å². The Morgan fingerprint density at radius 2 is 1.49 bits per heavy atom. The van der Waals surface area contributed by atoms with Gasteiger partial charge in [-0.15, -0.1) is 11.3 Å². The highest BCUT2D eigenvalue weighted by Gasteiger charge is 2.32. The van der Waals surface area contributed by atoms with Gasteiger partial charge in [0.05, 0.1) is 22.2 Å². The highest BCUT2D eigenvalue weighted by atomic mass is 35.5. The SMILES string of the molecule is N#Cc1ccc(-c2sc(N)c(C(=O)c3ccc(Cl)cc3)c2CN(C2CCCCC2)C2CCCCC2)cc1. The number of nitrogens with zero attached hydrogens (tertiary/aromatic N) is 2. The zero-order valence-electron chi connectivity index (χ0n) is 21.2. The molecule has 0 bridgehead atoms. The first-order valence-corrected chi connectivity index (χ1v) is 14.7. The summed E-state index contributed by atoms with van der Waals surface area (Å²) in [5.41, 5.74) is 10.5. The molecule has 5 rings (SSSR count). The maximum absolute atomic E-state index is 13.9. The van der Waals surface area contributed by atoms with Crippen molar-refractivity contribution in [3.8, 4) is 16.5 Å². The van der Waals surface area contributed by atoms with E-state index < -0.39 is 0 Å². The molecule has 1 heterocycles. The molecule has 0 amide bonds. The molecular formula is C31H34ClN3OS. The highest BCUT2D eigenvalue weighted by Crippen LogP contribution is 2.42. The van der Waals surface area contributed by atoms with Gasteiger partial charge in [-0.3, -0.25) is 9.69 Å². The van der Waals surface area contributed by atoms with Crippen LogP contribution in [0.3, 0.4) is 0 Å². The van der Waals surface area contributed by atoms with Crippen molar-refractivity contribution in [2.75, 3.05) is 5.73 Å². The molecule has 0 radical (unpaired) electrons. The van der Waals surface area contributed by atoms with E-state index in [0.717, 1.165) is 22.5 Å². The molecule has 192 valence electrons. The van der Waals surface area contributed by atoms with Crippen LogP contribution in [0.5, 0.6) is 0 Å². The quantitative estimate of drug-likeness (QED) is 0.312. The Bertz CT molecular complexity index is 1250. The van der Waals surface area contributed by atoms with Crippen LogP contribution in [0.15, 0.2) is 48.5 Å². The molecule has 2 N–H and O–H groups in total. The third-order valence-corrected chi connectivity index (χ3v) is 9.43. The Balaban J connectivity index is 1.60. The number of nitriles is 1. The second kappa shape index (κ2) is 11.8. The highest BCUT2D eigenvalue weighted by molar-refractivity contribution is 7.20. The Morgan fingerprint density at radius 1 is 0.919 bits per heavy atom. The maximum atomic E-state index is 13.9. The van der Waals surface area contributed by atoms with Crippen LogP contribution in [0.25, 0.3) is 10.4 Å². The lowest BCUT2D eigenvalue weighted by Crippen LogP contribution is -2.44. The van der Waals surface area contributed by atoms with Crippen LogP contribution >= 0.6 is 22.9 Å². The number of nitrogen functional groups attached to an aromatic ring is 1. The summed E-state index contributed by atoms with van der Waals surface area (Å²) in [6.07, 6.45) is 12.6. The summed E-state index contributed by atoms with van der Waals surface area (Å²) >= 11 is 7.60. The maximum Gasteiger partial charge on any atom is 0.196 e. The number of ketones is 1. The lowest BCUT2D eigenvalue weighted by molar-refractivity contribution is 0.0728. The first-order chi connectivity index (χ1) is 18.0. The fourth-order valence-corrected chi connectivity index (χ4v) is 7.33. The minimum absolute atomic E-state index is 0.0486. The zero-order valence-corrected chi connectivity index (χ0v) is 22.8. The number of hydrogen-bond acceptors (Lipinski definition) is 5. The Kier molecular flexibility index (Phi) is 8.30. The van der Waals surface area contributed by atoms with Crippen LogP contribution in [-0.4, -0.2) is 22.8 Å². The van der Waals surface area contributed by atoms with Crippen molar-refractivity contribution in [1.29, 1.82) is 5.26 Å². The fraction of sp³-hybridized carbons (Fsp3) is 0.419. The first kappa shape index (κ1) is 26.0. The van der Waals surface area contributed by atoms with Crippen LogP contribution in [0.2, 0.25) is 5.02 Å². The van der Waals surface area contributed by atoms with E-state index in [0.29, 0.717) is 38.8 Å². The Morgan fingerprint density at radius 3 is 2.03 bits per heavy atom. The molecule has 6 heteroatoms. The lowest BCUT2D eigenvalue weighted by atomic mass is 9.87. The molecule has 37 heavy (non-hydrogen) atoms. The minimum Gasteiger partial charge on any atom is -0.390 e. The van der Waals surface area contributed by atoms with Gasteiger partial charge in [-0.05, 0) is 73.2 Å². The van der Waals surface area contributed by atoms with Crippen LogP contribution in [0.1, 0.15) is 91.3 Å². The molecule has 0 aliphatic heterocycles. The molecule has 0 atom stereocenters. The summed E-state index contributed by atoms with van der Waals surface area (Å²) in [6, 6.07) is 18.0. The average Bonchev–Trinajstić information content (AvgIpc) is 3.28. The largest absolute Gasteiger partial charge is 0.390 e. The van der Waals surface area contributed by atoms with Gasteiger partial charge in [0.2, 0.25) is 0 Å². The Labute approximate surface area is 229 Å². The zero-order chi connectivity index (χ0) is 25.8. The molecule has 0 spiro atoms. The summed E-state index contributed by atoms with van der Waals surface area (Å²) in [5.74, 6) is -0.0486. The summed E-state index contributed by atoms with van der Waals surface area (Å²) in [4.78, 5) is 17.7. The second-order valence-electron chi connectivity index (χ2n) is 10.4. The fourth-order valence-electron chi connectivity index (χ4n) is 6.12. The predicted octanol–water partition coefficient (Wildman–Crippen LogP) is 8.22. The lowest BCUT2D eigenvalue weighted by Gasteiger charge is -2.42. The van der Waals surface area contributed by atoms with Gasteiger partial charge in [0.1, 0.15) is 0 Å². The molecule has 2 saturated carbocycles. The van der Waals surface area contributed by atoms with Crippen molar-refractivity contribution in [1.82, 2.24) is 4.90 Å². The minimum atomic E-state index is -0.0486. The molecular weight excluding hydrogens is 498 g/mol. The van der Waals surface area contributed by atoms with Crippen molar-refractivity contribution in [3.63, 3.8) is 0 Å². The smallest absolute Gasteiger partial charge is 0.196 e. The predicted molar refractivity (Wildman–Crippen MR) is 153 cm³/mol. The van der Waals surface area contributed by atoms with E-state index in [2.05, 4.69) is 11.0 Å². The number of hydrogen-bond donors (Lipinski definition) is 1. The second-order valence-corrected chi connectivity index (χ2v) is 11.9. The number of carbonyl (C=O) groups excluding carboxylic acids is 1. The van der Waals surface area contributed by atoms with E-state index >= 15 is 0 Å². The van der Waals surface area contributed by atoms with Gasteiger partial charge >= 0.3 is 0 Å². The van der Waals surface area contributed by atoms with E-state index in [1.165, 1.54) is 75.5 Å². The van der Waals surface area contributed by atoms with Gasteiger partial charge in [-0.1, -0.05) is 62.3 Å². The number of carbonyl (C=O) groups is 1. The number of nitrogens with two attached hydrogens (primary N) is 1. The van der Waals surface area contributed by atoms with Crippen molar-refractivity contribution in [2.24, 2.45) is 0 Å². The van der Waals surface area contributed by atoms with Gasteiger partial charge < -0.3 is 5.73 Å². The summed E-state index contributed by atoms with van der Waals surface area (Å²) < 4.78 is 0. The number of halogens is 1. The molecule has 2 aromatic carbocycles. The van der Waals surface area contributed by atoms with Gasteiger partial charge in [0, 0.05) is 34.1 Å². The van der Waals surface area contributed by atoms with Gasteiger partial charge in [0.15, 0.2) is 5.78 Å².